The third-order valence-electron chi connectivity index (χ3n) is 2.14. The van der Waals surface area contributed by atoms with Gasteiger partial charge in [0.1, 0.15) is 6.10 Å². The van der Waals surface area contributed by atoms with E-state index in [0.717, 1.165) is 6.26 Å². The molecule has 1 aliphatic carbocycles. The quantitative estimate of drug-likeness (QED) is 0.656. The molecule has 0 aromatic carbocycles. The highest BCUT2D eigenvalue weighted by Crippen LogP contribution is 2.26. The molecule has 14 heavy (non-hydrogen) atoms. The van der Waals surface area contributed by atoms with Gasteiger partial charge in [0.15, 0.2) is 5.78 Å². The summed E-state index contributed by atoms with van der Waals surface area (Å²) < 4.78 is 26.6. The average Bonchev–Trinajstić information content (AvgIpc) is 2.27. The maximum Gasteiger partial charge on any atom is 0.264 e. The summed E-state index contributed by atoms with van der Waals surface area (Å²) in [7, 11) is -3.50. The SMILES string of the molecule is CC(C)[C@@H]1C(=O)C=C[C@H]1OS(C)(=O)=O. The Hall–Kier alpha value is -0.680. The summed E-state index contributed by atoms with van der Waals surface area (Å²) in [6, 6.07) is 0. The Morgan fingerprint density at radius 2 is 2.00 bits per heavy atom. The Morgan fingerprint density at radius 1 is 1.43 bits per heavy atom. The molecular weight excluding hydrogens is 204 g/mol. The van der Waals surface area contributed by atoms with E-state index < -0.39 is 16.2 Å². The lowest BCUT2D eigenvalue weighted by Crippen LogP contribution is -2.29. The lowest BCUT2D eigenvalue weighted by Gasteiger charge is -2.20. The summed E-state index contributed by atoms with van der Waals surface area (Å²) in [4.78, 5) is 11.4. The number of allylic oxidation sites excluding steroid dienone is 1. The van der Waals surface area contributed by atoms with Gasteiger partial charge in [-0.3, -0.25) is 8.98 Å². The standard InChI is InChI=1S/C9H14O4S/c1-6(2)9-7(10)4-5-8(9)13-14(3,11)12/h4-6,8-9H,1-3H3/t8-,9-/m1/s1. The molecule has 2 atom stereocenters. The van der Waals surface area contributed by atoms with Crippen molar-refractivity contribution in [3.05, 3.63) is 12.2 Å². The van der Waals surface area contributed by atoms with Crippen LogP contribution in [-0.2, 0) is 19.1 Å². The smallest absolute Gasteiger partial charge is 0.264 e. The highest BCUT2D eigenvalue weighted by atomic mass is 32.2. The first-order valence-electron chi connectivity index (χ1n) is 4.41. The summed E-state index contributed by atoms with van der Waals surface area (Å²) in [5.74, 6) is -0.359. The molecule has 1 aliphatic rings. The normalized spacial score (nSPS) is 27.6. The number of ketones is 1. The molecule has 0 fully saturated rings. The van der Waals surface area contributed by atoms with Crippen LogP contribution in [0.4, 0.5) is 0 Å². The van der Waals surface area contributed by atoms with E-state index in [4.69, 9.17) is 4.18 Å². The lowest BCUT2D eigenvalue weighted by atomic mass is 9.91. The van der Waals surface area contributed by atoms with E-state index >= 15 is 0 Å². The van der Waals surface area contributed by atoms with Gasteiger partial charge in [-0.25, -0.2) is 0 Å². The molecule has 0 N–H and O–H groups in total. The molecule has 0 radical (unpaired) electrons. The van der Waals surface area contributed by atoms with Gasteiger partial charge in [-0.15, -0.1) is 0 Å². The molecule has 0 aromatic rings. The fraction of sp³-hybridized carbons (Fsp3) is 0.667. The first-order chi connectivity index (χ1) is 6.31. The fourth-order valence-corrected chi connectivity index (χ4v) is 2.17. The summed E-state index contributed by atoms with van der Waals surface area (Å²) in [6.07, 6.45) is 3.26. The van der Waals surface area contributed by atoms with Crippen LogP contribution in [0.1, 0.15) is 13.8 Å². The van der Waals surface area contributed by atoms with Gasteiger partial charge >= 0.3 is 0 Å². The molecule has 0 aromatic heterocycles. The van der Waals surface area contributed by atoms with Crippen LogP contribution in [0.2, 0.25) is 0 Å². The number of hydrogen-bond acceptors (Lipinski definition) is 4. The van der Waals surface area contributed by atoms with Gasteiger partial charge in [0.25, 0.3) is 10.1 Å². The minimum Gasteiger partial charge on any atom is -0.294 e. The molecule has 0 spiro atoms. The van der Waals surface area contributed by atoms with Crippen molar-refractivity contribution in [2.75, 3.05) is 6.26 Å². The molecule has 0 saturated heterocycles. The van der Waals surface area contributed by atoms with Crippen molar-refractivity contribution < 1.29 is 17.4 Å². The first kappa shape index (κ1) is 11.4. The van der Waals surface area contributed by atoms with Crippen LogP contribution in [0, 0.1) is 11.8 Å². The van der Waals surface area contributed by atoms with E-state index in [0.29, 0.717) is 0 Å². The molecule has 80 valence electrons. The van der Waals surface area contributed by atoms with Gasteiger partial charge in [-0.1, -0.05) is 19.9 Å². The largest absolute Gasteiger partial charge is 0.294 e. The van der Waals surface area contributed by atoms with Crippen molar-refractivity contribution >= 4 is 15.9 Å². The Morgan fingerprint density at radius 3 is 2.43 bits per heavy atom. The van der Waals surface area contributed by atoms with E-state index in [2.05, 4.69) is 0 Å². The maximum atomic E-state index is 11.4. The Kier molecular flexibility index (Phi) is 3.11. The van der Waals surface area contributed by atoms with E-state index in [1.807, 2.05) is 13.8 Å². The second-order valence-electron chi connectivity index (χ2n) is 3.80. The van der Waals surface area contributed by atoms with Crippen LogP contribution in [0.15, 0.2) is 12.2 Å². The van der Waals surface area contributed by atoms with Gasteiger partial charge in [0, 0.05) is 0 Å². The van der Waals surface area contributed by atoms with E-state index in [-0.39, 0.29) is 17.6 Å². The zero-order valence-electron chi connectivity index (χ0n) is 8.43. The van der Waals surface area contributed by atoms with Crippen LogP contribution >= 0.6 is 0 Å². The molecule has 0 amide bonds. The highest BCUT2D eigenvalue weighted by molar-refractivity contribution is 7.86. The summed E-state index contributed by atoms with van der Waals surface area (Å²) in [5.41, 5.74) is 0. The molecule has 1 rings (SSSR count). The summed E-state index contributed by atoms with van der Waals surface area (Å²) >= 11 is 0. The van der Waals surface area contributed by atoms with Gasteiger partial charge in [-0.2, -0.15) is 8.42 Å². The van der Waals surface area contributed by atoms with E-state index in [1.165, 1.54) is 12.2 Å². The number of carbonyl (C=O) groups excluding carboxylic acids is 1. The van der Waals surface area contributed by atoms with Gasteiger partial charge < -0.3 is 0 Å². The maximum absolute atomic E-state index is 11.4. The van der Waals surface area contributed by atoms with Crippen LogP contribution in [0.3, 0.4) is 0 Å². The van der Waals surface area contributed by atoms with E-state index in [9.17, 15) is 13.2 Å². The molecule has 0 unspecified atom stereocenters. The fourth-order valence-electron chi connectivity index (χ4n) is 1.58. The topological polar surface area (TPSA) is 60.4 Å². The van der Waals surface area contributed by atoms with Crippen molar-refractivity contribution in [3.8, 4) is 0 Å². The van der Waals surface area contributed by atoms with Crippen LogP contribution in [0.5, 0.6) is 0 Å². The van der Waals surface area contributed by atoms with Crippen LogP contribution < -0.4 is 0 Å². The van der Waals surface area contributed by atoms with Crippen LogP contribution in [0.25, 0.3) is 0 Å². The molecule has 0 saturated carbocycles. The van der Waals surface area contributed by atoms with Crippen molar-refractivity contribution in [3.63, 3.8) is 0 Å². The molecule has 5 heteroatoms. The number of carbonyl (C=O) groups is 1. The molecule has 0 bridgehead atoms. The number of rotatable bonds is 3. The molecule has 0 heterocycles. The van der Waals surface area contributed by atoms with Crippen LogP contribution in [-0.4, -0.2) is 26.6 Å². The first-order valence-corrected chi connectivity index (χ1v) is 6.23. The minimum absolute atomic E-state index is 0.0614. The predicted molar refractivity (Wildman–Crippen MR) is 52.2 cm³/mol. The second-order valence-corrected chi connectivity index (χ2v) is 5.40. The number of hydrogen-bond donors (Lipinski definition) is 0. The Balaban J connectivity index is 2.80. The zero-order valence-corrected chi connectivity index (χ0v) is 9.24. The van der Waals surface area contributed by atoms with Gasteiger partial charge in [-0.05, 0) is 12.0 Å². The molecule has 0 aliphatic heterocycles. The van der Waals surface area contributed by atoms with Crippen molar-refractivity contribution in [1.29, 1.82) is 0 Å². The summed E-state index contributed by atoms with van der Waals surface area (Å²) in [5, 5.41) is 0. The van der Waals surface area contributed by atoms with Crippen molar-refractivity contribution in [2.24, 2.45) is 11.8 Å². The predicted octanol–water partition coefficient (Wildman–Crippen LogP) is 0.742. The lowest BCUT2D eigenvalue weighted by molar-refractivity contribution is -0.120. The molecule has 4 nitrogen and oxygen atoms in total. The third-order valence-corrected chi connectivity index (χ3v) is 2.71. The second kappa shape index (κ2) is 3.82. The minimum atomic E-state index is -3.50. The van der Waals surface area contributed by atoms with E-state index in [1.54, 1.807) is 0 Å². The van der Waals surface area contributed by atoms with Gasteiger partial charge in [0.2, 0.25) is 0 Å². The zero-order chi connectivity index (χ0) is 10.9. The Bertz CT molecular complexity index is 353. The summed E-state index contributed by atoms with van der Waals surface area (Å²) in [6.45, 7) is 3.74. The monoisotopic (exact) mass is 218 g/mol. The van der Waals surface area contributed by atoms with Crippen molar-refractivity contribution in [2.45, 2.75) is 20.0 Å². The highest BCUT2D eigenvalue weighted by Gasteiger charge is 2.35. The third kappa shape index (κ3) is 2.65. The van der Waals surface area contributed by atoms with Crippen molar-refractivity contribution in [1.82, 2.24) is 0 Å². The Labute approximate surface area is 84.1 Å². The van der Waals surface area contributed by atoms with Gasteiger partial charge in [0.05, 0.1) is 12.2 Å². The average molecular weight is 218 g/mol. The molecular formula is C9H14O4S.